The molecule has 0 saturated heterocycles. The largest absolute Gasteiger partial charge is 0.483 e. The van der Waals surface area contributed by atoms with Gasteiger partial charge in [-0.05, 0) is 30.3 Å². The molecule has 1 aliphatic heterocycles. The molecule has 0 unspecified atom stereocenters. The molecule has 0 bridgehead atoms. The van der Waals surface area contributed by atoms with E-state index in [-0.39, 0.29) is 24.1 Å². The van der Waals surface area contributed by atoms with Crippen LogP contribution in [-0.2, 0) is 11.2 Å². The van der Waals surface area contributed by atoms with E-state index in [1.165, 1.54) is 18.2 Å². The Morgan fingerprint density at radius 2 is 1.96 bits per heavy atom. The highest BCUT2D eigenvalue weighted by atomic mass is 35.5. The number of carbonyl (C=O) groups excluding carboxylic acids is 2. The fourth-order valence-corrected chi connectivity index (χ4v) is 3.04. The lowest BCUT2D eigenvalue weighted by molar-refractivity contribution is -0.122. The number of hydrogen-bond donors (Lipinski definition) is 2. The van der Waals surface area contributed by atoms with Gasteiger partial charge in [0.05, 0.1) is 22.2 Å². The monoisotopic (exact) mass is 389 g/mol. The molecule has 0 atom stereocenters. The second-order valence-corrected chi connectivity index (χ2v) is 6.06. The van der Waals surface area contributed by atoms with E-state index >= 15 is 0 Å². The number of nitrogens with one attached hydrogen (secondary N) is 1. The van der Waals surface area contributed by atoms with Gasteiger partial charge >= 0.3 is 0 Å². The Hall–Kier alpha value is -3.26. The predicted molar refractivity (Wildman–Crippen MR) is 95.3 cm³/mol. The van der Waals surface area contributed by atoms with Crippen molar-refractivity contribution in [2.24, 2.45) is 0 Å². The van der Waals surface area contributed by atoms with Crippen molar-refractivity contribution < 1.29 is 23.9 Å². The predicted octanol–water partition coefficient (Wildman–Crippen LogP) is 2.89. The second kappa shape index (κ2) is 7.55. The number of hydrogen-bond acceptors (Lipinski definition) is 4. The Kier molecular flexibility index (Phi) is 5.18. The highest BCUT2D eigenvalue weighted by Crippen LogP contribution is 2.25. The highest BCUT2D eigenvalue weighted by molar-refractivity contribution is 6.31. The molecular formula is C18H13ClFN3O4. The Morgan fingerprint density at radius 3 is 2.67 bits per heavy atom. The molecule has 1 aromatic heterocycles. The average molecular weight is 390 g/mol. The van der Waals surface area contributed by atoms with Crippen LogP contribution < -0.4 is 0 Å². The molecule has 1 aliphatic rings. The van der Waals surface area contributed by atoms with E-state index in [1.54, 1.807) is 18.2 Å². The van der Waals surface area contributed by atoms with Gasteiger partial charge in [0.2, 0.25) is 0 Å². The third-order valence-corrected chi connectivity index (χ3v) is 4.25. The van der Waals surface area contributed by atoms with Crippen molar-refractivity contribution in [3.63, 3.8) is 0 Å². The average Bonchev–Trinajstić information content (AvgIpc) is 3.13. The van der Waals surface area contributed by atoms with Crippen LogP contribution in [0.3, 0.4) is 0 Å². The van der Waals surface area contributed by atoms with E-state index < -0.39 is 17.6 Å². The molecule has 0 saturated carbocycles. The van der Waals surface area contributed by atoms with E-state index in [4.69, 9.17) is 21.5 Å². The van der Waals surface area contributed by atoms with Gasteiger partial charge in [0, 0.05) is 18.0 Å². The lowest BCUT2D eigenvalue weighted by Crippen LogP contribution is -2.32. The number of rotatable bonds is 3. The number of amides is 2. The second-order valence-electron chi connectivity index (χ2n) is 5.62. The number of fused-ring (bicyclic) bond motifs is 2. The van der Waals surface area contributed by atoms with Gasteiger partial charge in [-0.1, -0.05) is 17.7 Å². The van der Waals surface area contributed by atoms with Crippen molar-refractivity contribution in [2.45, 2.75) is 6.42 Å². The molecule has 2 amide bonds. The maximum Gasteiger partial charge on any atom is 0.290 e. The molecule has 4 rings (SSSR count). The van der Waals surface area contributed by atoms with Crippen molar-refractivity contribution >= 4 is 40.9 Å². The van der Waals surface area contributed by atoms with Crippen LogP contribution in [0.4, 0.5) is 4.39 Å². The van der Waals surface area contributed by atoms with Gasteiger partial charge in [0.25, 0.3) is 18.3 Å². The zero-order valence-corrected chi connectivity index (χ0v) is 14.5. The van der Waals surface area contributed by atoms with Crippen LogP contribution >= 0.6 is 11.6 Å². The number of imide groups is 1. The molecule has 0 spiro atoms. The van der Waals surface area contributed by atoms with Crippen molar-refractivity contribution in [1.29, 1.82) is 0 Å². The fourth-order valence-electron chi connectivity index (χ4n) is 2.87. The summed E-state index contributed by atoms with van der Waals surface area (Å²) in [4.78, 5) is 41.5. The van der Waals surface area contributed by atoms with Crippen LogP contribution in [0.2, 0.25) is 5.02 Å². The first kappa shape index (κ1) is 18.5. The number of H-pyrrole nitrogens is 1. The first-order valence-electron chi connectivity index (χ1n) is 7.83. The minimum Gasteiger partial charge on any atom is -0.483 e. The van der Waals surface area contributed by atoms with Crippen molar-refractivity contribution in [3.05, 3.63) is 64.2 Å². The Labute approximate surface area is 157 Å². The van der Waals surface area contributed by atoms with Gasteiger partial charge < -0.3 is 10.1 Å². The Bertz CT molecular complexity index is 1050. The smallest absolute Gasteiger partial charge is 0.290 e. The Morgan fingerprint density at radius 1 is 1.22 bits per heavy atom. The lowest BCUT2D eigenvalue weighted by atomic mass is 10.1. The minimum absolute atomic E-state index is 0.108. The van der Waals surface area contributed by atoms with E-state index in [0.717, 1.165) is 15.9 Å². The quantitative estimate of drug-likeness (QED) is 0.529. The van der Waals surface area contributed by atoms with Gasteiger partial charge in [-0.2, -0.15) is 0 Å². The molecule has 0 fully saturated rings. The number of aromatic nitrogens is 2. The summed E-state index contributed by atoms with van der Waals surface area (Å²) in [5.41, 5.74) is 1.49. The molecule has 9 heteroatoms. The Balaban J connectivity index is 0.000000659. The van der Waals surface area contributed by atoms with Crippen LogP contribution in [-0.4, -0.2) is 44.8 Å². The number of imidazole rings is 1. The molecule has 0 aliphatic carbocycles. The van der Waals surface area contributed by atoms with E-state index in [0.29, 0.717) is 17.3 Å². The maximum atomic E-state index is 13.8. The molecule has 3 aromatic rings. The van der Waals surface area contributed by atoms with Gasteiger partial charge in [-0.15, -0.1) is 0 Å². The van der Waals surface area contributed by atoms with Crippen LogP contribution in [0.25, 0.3) is 11.0 Å². The van der Waals surface area contributed by atoms with E-state index in [9.17, 15) is 14.0 Å². The molecule has 27 heavy (non-hydrogen) atoms. The number of carbonyl (C=O) groups is 3. The molecule has 2 heterocycles. The van der Waals surface area contributed by atoms with Crippen LogP contribution in [0.1, 0.15) is 26.5 Å². The summed E-state index contributed by atoms with van der Waals surface area (Å²) >= 11 is 5.93. The van der Waals surface area contributed by atoms with Gasteiger partial charge in [-0.25, -0.2) is 9.37 Å². The normalized spacial score (nSPS) is 12.7. The standard InChI is InChI=1S/C17H11ClFN3O2.CH2O2/c18-9-4-5-12-13(8-9)21-14(20-12)6-7-22-16(23)10-2-1-3-11(19)15(10)17(22)24;2-1-3/h1-5,8H,6-7H2,(H,20,21);1H,(H,2,3). The number of nitrogens with zero attached hydrogens (tertiary/aromatic N) is 2. The summed E-state index contributed by atoms with van der Waals surface area (Å²) < 4.78 is 13.8. The minimum atomic E-state index is -0.674. The third kappa shape index (κ3) is 3.52. The summed E-state index contributed by atoms with van der Waals surface area (Å²) in [5, 5.41) is 7.48. The van der Waals surface area contributed by atoms with Crippen LogP contribution in [0, 0.1) is 5.82 Å². The third-order valence-electron chi connectivity index (χ3n) is 4.01. The molecular weight excluding hydrogens is 377 g/mol. The molecule has 2 N–H and O–H groups in total. The number of carboxylic acid groups (broad SMARTS) is 1. The number of halogens is 2. The summed E-state index contributed by atoms with van der Waals surface area (Å²) in [6, 6.07) is 9.34. The van der Waals surface area contributed by atoms with Crippen molar-refractivity contribution in [2.75, 3.05) is 6.54 Å². The topological polar surface area (TPSA) is 103 Å². The zero-order chi connectivity index (χ0) is 19.6. The van der Waals surface area contributed by atoms with Gasteiger partial charge in [-0.3, -0.25) is 19.3 Å². The molecule has 2 aromatic carbocycles. The van der Waals surface area contributed by atoms with E-state index in [2.05, 4.69) is 9.97 Å². The SMILES string of the molecule is O=C1c2cccc(F)c2C(=O)N1CCc1nc2ccc(Cl)cc2[nH]1.O=CO. The lowest BCUT2D eigenvalue weighted by Gasteiger charge is -2.12. The number of aromatic amines is 1. The molecule has 138 valence electrons. The molecule has 0 radical (unpaired) electrons. The fraction of sp³-hybridized carbons (Fsp3) is 0.111. The highest BCUT2D eigenvalue weighted by Gasteiger charge is 2.37. The van der Waals surface area contributed by atoms with E-state index in [1.807, 2.05) is 0 Å². The summed E-state index contributed by atoms with van der Waals surface area (Å²) in [5.74, 6) is -1.13. The van der Waals surface area contributed by atoms with Gasteiger partial charge in [0.15, 0.2) is 0 Å². The summed E-state index contributed by atoms with van der Waals surface area (Å²) in [7, 11) is 0. The van der Waals surface area contributed by atoms with Gasteiger partial charge in [0.1, 0.15) is 11.6 Å². The summed E-state index contributed by atoms with van der Waals surface area (Å²) in [6.45, 7) is -0.126. The van der Waals surface area contributed by atoms with Crippen LogP contribution in [0.15, 0.2) is 36.4 Å². The van der Waals surface area contributed by atoms with Crippen molar-refractivity contribution in [1.82, 2.24) is 14.9 Å². The summed E-state index contributed by atoms with van der Waals surface area (Å²) in [6.07, 6.45) is 0.347. The number of benzene rings is 2. The maximum absolute atomic E-state index is 13.8. The van der Waals surface area contributed by atoms with Crippen LogP contribution in [0.5, 0.6) is 0 Å². The first-order valence-corrected chi connectivity index (χ1v) is 8.20. The first-order chi connectivity index (χ1) is 13.0. The molecule has 7 nitrogen and oxygen atoms in total. The van der Waals surface area contributed by atoms with Crippen molar-refractivity contribution in [3.8, 4) is 0 Å². The zero-order valence-electron chi connectivity index (χ0n) is 13.8.